The lowest BCUT2D eigenvalue weighted by atomic mass is 9.96. The van der Waals surface area contributed by atoms with E-state index in [0.29, 0.717) is 37.4 Å². The Morgan fingerprint density at radius 3 is 2.55 bits per heavy atom. The van der Waals surface area contributed by atoms with Gasteiger partial charge in [0, 0.05) is 31.7 Å². The second-order valence-electron chi connectivity index (χ2n) is 6.74. The van der Waals surface area contributed by atoms with Gasteiger partial charge >= 0.3 is 13.2 Å². The van der Waals surface area contributed by atoms with Crippen molar-refractivity contribution in [3.63, 3.8) is 0 Å². The molecule has 1 N–H and O–H groups in total. The highest BCUT2D eigenvalue weighted by molar-refractivity contribution is 6.30. The molecule has 0 atom stereocenters. The number of pyridine rings is 1. The quantitative estimate of drug-likeness (QED) is 0.341. The van der Waals surface area contributed by atoms with Crippen molar-refractivity contribution in [1.29, 1.82) is 5.26 Å². The molecule has 0 fully saturated rings. The smallest absolute Gasteiger partial charge is 0.387 e. The van der Waals surface area contributed by atoms with Gasteiger partial charge in [-0.2, -0.15) is 22.8 Å². The van der Waals surface area contributed by atoms with Crippen LogP contribution >= 0.6 is 11.6 Å². The molecular weight excluding hydrogens is 440 g/mol. The first kappa shape index (κ1) is 23.1. The molecule has 31 heavy (non-hydrogen) atoms. The van der Waals surface area contributed by atoms with E-state index in [2.05, 4.69) is 30.7 Å². The summed E-state index contributed by atoms with van der Waals surface area (Å²) in [4.78, 5) is 6.33. The minimum absolute atomic E-state index is 0.0570. The highest BCUT2D eigenvalue weighted by Crippen LogP contribution is 2.32. The molecule has 2 aromatic rings. The fourth-order valence-electron chi connectivity index (χ4n) is 3.41. The van der Waals surface area contributed by atoms with Crippen molar-refractivity contribution in [2.75, 3.05) is 25.0 Å². The van der Waals surface area contributed by atoms with Crippen LogP contribution in [0.2, 0.25) is 5.15 Å². The molecule has 0 amide bonds. The van der Waals surface area contributed by atoms with E-state index in [4.69, 9.17) is 11.6 Å². The van der Waals surface area contributed by atoms with Crippen LogP contribution in [0, 0.1) is 11.3 Å². The fourth-order valence-corrected chi connectivity index (χ4v) is 3.65. The maximum absolute atomic E-state index is 12.3. The molecule has 0 saturated heterocycles. The summed E-state index contributed by atoms with van der Waals surface area (Å²) in [5.41, 5.74) is 2.74. The van der Waals surface area contributed by atoms with E-state index in [0.717, 1.165) is 16.7 Å². The minimum atomic E-state index is -2.88. The maximum Gasteiger partial charge on any atom is 0.387 e. The van der Waals surface area contributed by atoms with Crippen molar-refractivity contribution >= 4 is 17.4 Å². The topological polar surface area (TPSA) is 70.4 Å². The standard InChI is InChI=1S/C20H19ClF4N4O2/c21-17-15(9-26)14-5-7-29(10-12-1-3-13(4-2-12)31-20(24)25)11-16(14)18(28-17)27-6-8-30-19(22)23/h1-4,19-20H,5-8,10-11H2,(H,27,28). The van der Waals surface area contributed by atoms with Crippen LogP contribution in [0.4, 0.5) is 23.4 Å². The Labute approximate surface area is 181 Å². The van der Waals surface area contributed by atoms with E-state index >= 15 is 0 Å². The zero-order valence-electron chi connectivity index (χ0n) is 16.3. The average Bonchev–Trinajstić information content (AvgIpc) is 2.72. The van der Waals surface area contributed by atoms with Crippen molar-refractivity contribution in [2.45, 2.75) is 32.7 Å². The predicted octanol–water partition coefficient (Wildman–Crippen LogP) is 4.42. The van der Waals surface area contributed by atoms with Gasteiger partial charge in [-0.15, -0.1) is 0 Å². The Morgan fingerprint density at radius 2 is 1.90 bits per heavy atom. The predicted molar refractivity (Wildman–Crippen MR) is 105 cm³/mol. The van der Waals surface area contributed by atoms with E-state index < -0.39 is 13.2 Å². The van der Waals surface area contributed by atoms with Crippen molar-refractivity contribution in [2.24, 2.45) is 0 Å². The summed E-state index contributed by atoms with van der Waals surface area (Å²) in [6.07, 6.45) is 0.551. The monoisotopic (exact) mass is 458 g/mol. The first-order valence-corrected chi connectivity index (χ1v) is 9.76. The number of aromatic nitrogens is 1. The van der Waals surface area contributed by atoms with Gasteiger partial charge in [0.15, 0.2) is 0 Å². The fraction of sp³-hybridized carbons (Fsp3) is 0.400. The number of anilines is 1. The summed E-state index contributed by atoms with van der Waals surface area (Å²) < 4.78 is 57.5. The van der Waals surface area contributed by atoms with Gasteiger partial charge < -0.3 is 14.8 Å². The number of fused-ring (bicyclic) bond motifs is 1. The third-order valence-corrected chi connectivity index (χ3v) is 5.01. The molecule has 0 spiro atoms. The molecule has 1 aliphatic rings. The highest BCUT2D eigenvalue weighted by atomic mass is 35.5. The molecule has 3 rings (SSSR count). The molecule has 11 heteroatoms. The molecule has 1 aromatic carbocycles. The summed E-state index contributed by atoms with van der Waals surface area (Å²) in [6, 6.07) is 8.44. The Bertz CT molecular complexity index is 938. The molecule has 0 aliphatic carbocycles. The Hall–Kier alpha value is -2.61. The number of nitriles is 1. The third-order valence-electron chi connectivity index (χ3n) is 4.73. The molecule has 2 heterocycles. The second kappa shape index (κ2) is 10.6. The average molecular weight is 459 g/mol. The van der Waals surface area contributed by atoms with Crippen molar-refractivity contribution in [3.05, 3.63) is 51.7 Å². The van der Waals surface area contributed by atoms with Gasteiger partial charge in [0.25, 0.3) is 0 Å². The molecule has 0 saturated carbocycles. The number of ether oxygens (including phenoxy) is 2. The summed E-state index contributed by atoms with van der Waals surface area (Å²) in [6.45, 7) is -4.24. The van der Waals surface area contributed by atoms with Crippen LogP contribution in [-0.4, -0.2) is 42.8 Å². The number of alkyl halides is 4. The minimum Gasteiger partial charge on any atom is -0.435 e. The molecule has 166 valence electrons. The maximum atomic E-state index is 12.3. The van der Waals surface area contributed by atoms with Gasteiger partial charge in [0.05, 0.1) is 12.2 Å². The number of rotatable bonds is 9. The summed E-state index contributed by atoms with van der Waals surface area (Å²) in [7, 11) is 0. The number of halogens is 5. The Balaban J connectivity index is 1.74. The van der Waals surface area contributed by atoms with Crippen LogP contribution < -0.4 is 10.1 Å². The van der Waals surface area contributed by atoms with Crippen LogP contribution in [-0.2, 0) is 24.2 Å². The van der Waals surface area contributed by atoms with Gasteiger partial charge in [-0.25, -0.2) is 4.98 Å². The van der Waals surface area contributed by atoms with E-state index in [1.54, 1.807) is 12.1 Å². The molecular formula is C20H19ClF4N4O2. The lowest BCUT2D eigenvalue weighted by Gasteiger charge is -2.31. The second-order valence-corrected chi connectivity index (χ2v) is 7.09. The van der Waals surface area contributed by atoms with Crippen molar-refractivity contribution in [3.8, 4) is 11.8 Å². The lowest BCUT2D eigenvalue weighted by molar-refractivity contribution is -0.125. The van der Waals surface area contributed by atoms with Crippen molar-refractivity contribution in [1.82, 2.24) is 9.88 Å². The van der Waals surface area contributed by atoms with Gasteiger partial charge in [-0.3, -0.25) is 4.90 Å². The van der Waals surface area contributed by atoms with Crippen molar-refractivity contribution < 1.29 is 27.0 Å². The summed E-state index contributed by atoms with van der Waals surface area (Å²) in [5, 5.41) is 12.5. The number of hydrogen-bond acceptors (Lipinski definition) is 6. The van der Waals surface area contributed by atoms with E-state index in [1.165, 1.54) is 12.1 Å². The van der Waals surface area contributed by atoms with Crippen LogP contribution in [0.5, 0.6) is 5.75 Å². The largest absolute Gasteiger partial charge is 0.435 e. The molecule has 0 unspecified atom stereocenters. The zero-order chi connectivity index (χ0) is 22.4. The van der Waals surface area contributed by atoms with Crippen LogP contribution in [0.15, 0.2) is 24.3 Å². The van der Waals surface area contributed by atoms with Gasteiger partial charge in [0.1, 0.15) is 22.8 Å². The molecule has 0 bridgehead atoms. The third kappa shape index (κ3) is 6.19. The van der Waals surface area contributed by atoms with E-state index in [1.807, 2.05) is 0 Å². The summed E-state index contributed by atoms with van der Waals surface area (Å²) >= 11 is 6.14. The Kier molecular flexibility index (Phi) is 7.90. The van der Waals surface area contributed by atoms with Gasteiger partial charge in [-0.05, 0) is 29.7 Å². The van der Waals surface area contributed by atoms with Crippen LogP contribution in [0.25, 0.3) is 0 Å². The molecule has 1 aliphatic heterocycles. The highest BCUT2D eigenvalue weighted by Gasteiger charge is 2.25. The SMILES string of the molecule is N#Cc1c(Cl)nc(NCCOC(F)F)c2c1CCN(Cc1ccc(OC(F)F)cc1)C2. The zero-order valence-corrected chi connectivity index (χ0v) is 17.0. The molecule has 1 aromatic heterocycles. The van der Waals surface area contributed by atoms with Crippen LogP contribution in [0.3, 0.4) is 0 Å². The number of nitrogens with zero attached hydrogens (tertiary/aromatic N) is 3. The van der Waals surface area contributed by atoms with E-state index in [-0.39, 0.29) is 24.1 Å². The number of nitrogens with one attached hydrogen (secondary N) is 1. The van der Waals surface area contributed by atoms with Crippen LogP contribution in [0.1, 0.15) is 22.3 Å². The first-order valence-electron chi connectivity index (χ1n) is 9.38. The Morgan fingerprint density at radius 1 is 1.16 bits per heavy atom. The summed E-state index contributed by atoms with van der Waals surface area (Å²) in [5.74, 6) is 0.500. The first-order chi connectivity index (χ1) is 14.9. The van der Waals surface area contributed by atoms with E-state index in [9.17, 15) is 22.8 Å². The normalized spacial score (nSPS) is 13.9. The lowest BCUT2D eigenvalue weighted by Crippen LogP contribution is -2.32. The molecule has 6 nitrogen and oxygen atoms in total. The van der Waals surface area contributed by atoms with Gasteiger partial charge in [-0.1, -0.05) is 23.7 Å². The number of hydrogen-bond donors (Lipinski definition) is 1. The number of benzene rings is 1. The van der Waals surface area contributed by atoms with Gasteiger partial charge in [0.2, 0.25) is 0 Å². The molecule has 0 radical (unpaired) electrons.